The highest BCUT2D eigenvalue weighted by Gasteiger charge is 1.94. The van der Waals surface area contributed by atoms with Gasteiger partial charge < -0.3 is 0 Å². The van der Waals surface area contributed by atoms with Crippen LogP contribution in [0.15, 0.2) is 0 Å². The second-order valence-electron chi connectivity index (χ2n) is 1.38. The van der Waals surface area contributed by atoms with Crippen molar-refractivity contribution in [1.29, 1.82) is 0 Å². The summed E-state index contributed by atoms with van der Waals surface area (Å²) in [6.45, 7) is 0. The van der Waals surface area contributed by atoms with Crippen LogP contribution in [0.25, 0.3) is 0 Å². The summed E-state index contributed by atoms with van der Waals surface area (Å²) in [5.74, 6) is 1.37. The van der Waals surface area contributed by atoms with Crippen LogP contribution in [0, 0.1) is 0 Å². The number of tetrazole rings is 1. The molecule has 0 unspecified atom stereocenters. The van der Waals surface area contributed by atoms with Gasteiger partial charge in [0.15, 0.2) is 5.82 Å². The van der Waals surface area contributed by atoms with E-state index in [-0.39, 0.29) is 0 Å². The van der Waals surface area contributed by atoms with Crippen molar-refractivity contribution in [2.75, 3.05) is 0 Å². The van der Waals surface area contributed by atoms with Crippen molar-refractivity contribution in [2.24, 2.45) is 7.05 Å². The summed E-state index contributed by atoms with van der Waals surface area (Å²) >= 11 is 3.98. The van der Waals surface area contributed by atoms with Gasteiger partial charge in [0.25, 0.3) is 0 Å². The standard InChI is InChI=1S/C3H6N4S/c1-7-3(2-8)4-5-6-7/h8H,2H2,1H3. The molecule has 0 saturated carbocycles. The number of thiol groups is 1. The Balaban J connectivity index is 2.92. The largest absolute Gasteiger partial charge is 0.232 e. The monoisotopic (exact) mass is 130 g/mol. The van der Waals surface area contributed by atoms with Crippen molar-refractivity contribution >= 4 is 12.6 Å². The van der Waals surface area contributed by atoms with Crippen molar-refractivity contribution in [3.05, 3.63) is 5.82 Å². The molecule has 1 aromatic rings. The van der Waals surface area contributed by atoms with Crippen LogP contribution in [0.5, 0.6) is 0 Å². The summed E-state index contributed by atoms with van der Waals surface area (Å²) in [5.41, 5.74) is 0. The minimum absolute atomic E-state index is 0.587. The Morgan fingerprint density at radius 3 is 2.75 bits per heavy atom. The quantitative estimate of drug-likeness (QED) is 0.528. The SMILES string of the molecule is Cn1nnnc1CS. The van der Waals surface area contributed by atoms with Gasteiger partial charge in [0.2, 0.25) is 0 Å². The van der Waals surface area contributed by atoms with Crippen LogP contribution in [0.3, 0.4) is 0 Å². The van der Waals surface area contributed by atoms with Crippen LogP contribution in [-0.2, 0) is 12.8 Å². The summed E-state index contributed by atoms with van der Waals surface area (Å²) in [6, 6.07) is 0. The highest BCUT2D eigenvalue weighted by Crippen LogP contribution is 1.91. The zero-order valence-corrected chi connectivity index (χ0v) is 5.34. The lowest BCUT2D eigenvalue weighted by molar-refractivity contribution is 0.693. The lowest BCUT2D eigenvalue weighted by Crippen LogP contribution is -1.95. The highest BCUT2D eigenvalue weighted by molar-refractivity contribution is 7.79. The van der Waals surface area contributed by atoms with Crippen molar-refractivity contribution in [2.45, 2.75) is 5.75 Å². The molecule has 1 aromatic heterocycles. The lowest BCUT2D eigenvalue weighted by Gasteiger charge is -1.87. The van der Waals surface area contributed by atoms with E-state index in [0.717, 1.165) is 5.82 Å². The molecular weight excluding hydrogens is 124 g/mol. The first-order valence-corrected chi connectivity index (χ1v) is 2.80. The molecule has 8 heavy (non-hydrogen) atoms. The van der Waals surface area contributed by atoms with Crippen molar-refractivity contribution in [1.82, 2.24) is 20.2 Å². The Labute approximate surface area is 52.3 Å². The van der Waals surface area contributed by atoms with Crippen molar-refractivity contribution < 1.29 is 0 Å². The van der Waals surface area contributed by atoms with E-state index in [2.05, 4.69) is 28.2 Å². The van der Waals surface area contributed by atoms with Gasteiger partial charge >= 0.3 is 0 Å². The number of hydrogen-bond donors (Lipinski definition) is 1. The second-order valence-corrected chi connectivity index (χ2v) is 1.69. The third kappa shape index (κ3) is 0.812. The molecule has 0 spiro atoms. The first kappa shape index (κ1) is 5.55. The summed E-state index contributed by atoms with van der Waals surface area (Å²) < 4.78 is 1.59. The first-order chi connectivity index (χ1) is 3.84. The molecular formula is C3H6N4S. The molecule has 1 rings (SSSR count). The number of hydrogen-bond acceptors (Lipinski definition) is 4. The lowest BCUT2D eigenvalue weighted by atomic mass is 10.7. The van der Waals surface area contributed by atoms with E-state index in [4.69, 9.17) is 0 Å². The smallest absolute Gasteiger partial charge is 0.160 e. The Kier molecular flexibility index (Phi) is 1.48. The maximum Gasteiger partial charge on any atom is 0.160 e. The van der Waals surface area contributed by atoms with Crippen LogP contribution in [-0.4, -0.2) is 20.2 Å². The number of nitrogens with zero attached hydrogens (tertiary/aromatic N) is 4. The predicted molar refractivity (Wildman–Crippen MR) is 31.5 cm³/mol. The number of aryl methyl sites for hydroxylation is 1. The average molecular weight is 130 g/mol. The Bertz CT molecular complexity index is 172. The molecule has 0 fully saturated rings. The van der Waals surface area contributed by atoms with E-state index in [1.54, 1.807) is 11.7 Å². The van der Waals surface area contributed by atoms with Gasteiger partial charge in [-0.1, -0.05) is 0 Å². The Morgan fingerprint density at radius 1 is 1.75 bits per heavy atom. The maximum absolute atomic E-state index is 3.98. The fourth-order valence-corrected chi connectivity index (χ4v) is 0.650. The average Bonchev–Trinajstić information content (AvgIpc) is 2.14. The first-order valence-electron chi connectivity index (χ1n) is 2.16. The van der Waals surface area contributed by atoms with Crippen LogP contribution < -0.4 is 0 Å². The van der Waals surface area contributed by atoms with Gasteiger partial charge in [-0.15, -0.1) is 5.10 Å². The molecule has 0 atom stereocenters. The summed E-state index contributed by atoms with van der Waals surface area (Å²) in [5, 5.41) is 10.7. The molecule has 0 saturated heterocycles. The fraction of sp³-hybridized carbons (Fsp3) is 0.667. The zero-order chi connectivity index (χ0) is 5.98. The second kappa shape index (κ2) is 2.13. The number of rotatable bonds is 1. The molecule has 0 N–H and O–H groups in total. The van der Waals surface area contributed by atoms with E-state index in [0.29, 0.717) is 5.75 Å². The zero-order valence-electron chi connectivity index (χ0n) is 4.44. The minimum Gasteiger partial charge on any atom is -0.232 e. The van der Waals surface area contributed by atoms with Gasteiger partial charge in [0.05, 0.1) is 5.75 Å². The van der Waals surface area contributed by atoms with Crippen molar-refractivity contribution in [3.8, 4) is 0 Å². The van der Waals surface area contributed by atoms with Gasteiger partial charge in [-0.2, -0.15) is 12.6 Å². The van der Waals surface area contributed by atoms with Gasteiger partial charge in [-0.05, 0) is 10.4 Å². The van der Waals surface area contributed by atoms with Crippen LogP contribution >= 0.6 is 12.6 Å². The molecule has 0 bridgehead atoms. The van der Waals surface area contributed by atoms with Crippen LogP contribution in [0.4, 0.5) is 0 Å². The van der Waals surface area contributed by atoms with Crippen LogP contribution in [0.2, 0.25) is 0 Å². The molecule has 0 aliphatic carbocycles. The molecule has 44 valence electrons. The minimum atomic E-state index is 0.587. The molecule has 0 aromatic carbocycles. The molecule has 0 radical (unpaired) electrons. The molecule has 1 heterocycles. The summed E-state index contributed by atoms with van der Waals surface area (Å²) in [7, 11) is 1.78. The van der Waals surface area contributed by atoms with Gasteiger partial charge in [0, 0.05) is 7.05 Å². The maximum atomic E-state index is 3.98. The third-order valence-corrected chi connectivity index (χ3v) is 1.13. The molecule has 0 aliphatic rings. The van der Waals surface area contributed by atoms with Gasteiger partial charge in [0.1, 0.15) is 0 Å². The molecule has 5 heteroatoms. The van der Waals surface area contributed by atoms with Crippen molar-refractivity contribution in [3.63, 3.8) is 0 Å². The third-order valence-electron chi connectivity index (χ3n) is 0.849. The van der Waals surface area contributed by atoms with E-state index in [1.807, 2.05) is 0 Å². The number of aromatic nitrogens is 4. The van der Waals surface area contributed by atoms with E-state index >= 15 is 0 Å². The summed E-state index contributed by atoms with van der Waals surface area (Å²) in [6.07, 6.45) is 0. The molecule has 0 amide bonds. The Hall–Kier alpha value is -0.580. The highest BCUT2D eigenvalue weighted by atomic mass is 32.1. The van der Waals surface area contributed by atoms with E-state index in [9.17, 15) is 0 Å². The molecule has 0 aliphatic heterocycles. The van der Waals surface area contributed by atoms with Gasteiger partial charge in [-0.25, -0.2) is 4.68 Å². The normalized spacial score (nSPS) is 9.75. The fourth-order valence-electron chi connectivity index (χ4n) is 0.382. The van der Waals surface area contributed by atoms with E-state index < -0.39 is 0 Å². The summed E-state index contributed by atoms with van der Waals surface area (Å²) in [4.78, 5) is 0. The molecule has 4 nitrogen and oxygen atoms in total. The van der Waals surface area contributed by atoms with E-state index in [1.165, 1.54) is 0 Å². The topological polar surface area (TPSA) is 43.6 Å². The predicted octanol–water partition coefficient (Wildman–Crippen LogP) is -0.360. The van der Waals surface area contributed by atoms with Gasteiger partial charge in [-0.3, -0.25) is 0 Å². The Morgan fingerprint density at radius 2 is 2.50 bits per heavy atom. The van der Waals surface area contributed by atoms with Crippen LogP contribution in [0.1, 0.15) is 5.82 Å².